The topological polar surface area (TPSA) is 61.9 Å². The van der Waals surface area contributed by atoms with Gasteiger partial charge in [0, 0.05) is 25.2 Å². The number of benzene rings is 2. The van der Waals surface area contributed by atoms with E-state index in [-0.39, 0.29) is 24.1 Å². The summed E-state index contributed by atoms with van der Waals surface area (Å²) in [7, 11) is 1.59. The molecule has 0 radical (unpaired) electrons. The van der Waals surface area contributed by atoms with Crippen LogP contribution in [0.4, 0.5) is 10.1 Å². The van der Waals surface area contributed by atoms with Gasteiger partial charge >= 0.3 is 0 Å². The average molecular weight is 470 g/mol. The highest BCUT2D eigenvalue weighted by Gasteiger charge is 2.41. The molecule has 1 aliphatic rings. The zero-order valence-electron chi connectivity index (χ0n) is 20.4. The van der Waals surface area contributed by atoms with Crippen LogP contribution in [0, 0.1) is 11.7 Å². The second-order valence-corrected chi connectivity index (χ2v) is 8.68. The number of methoxy groups -OCH3 is 1. The van der Waals surface area contributed by atoms with Gasteiger partial charge in [-0.2, -0.15) is 0 Å². The maximum Gasteiger partial charge on any atom is 0.227 e. The molecule has 2 aromatic carbocycles. The van der Waals surface area contributed by atoms with Gasteiger partial charge in [-0.1, -0.05) is 32.4 Å². The van der Waals surface area contributed by atoms with Gasteiger partial charge < -0.3 is 19.9 Å². The molecule has 184 valence electrons. The Bertz CT molecular complexity index is 933. The van der Waals surface area contributed by atoms with Crippen LogP contribution in [-0.2, 0) is 9.59 Å². The molecule has 2 amide bonds. The van der Waals surface area contributed by atoms with Gasteiger partial charge in [0.05, 0.1) is 19.1 Å². The molecule has 0 saturated carbocycles. The van der Waals surface area contributed by atoms with Crippen molar-refractivity contribution >= 4 is 17.5 Å². The Morgan fingerprint density at radius 3 is 2.44 bits per heavy atom. The summed E-state index contributed by atoms with van der Waals surface area (Å²) in [5, 5.41) is 3.10. The second-order valence-electron chi connectivity index (χ2n) is 8.68. The smallest absolute Gasteiger partial charge is 0.227 e. The lowest BCUT2D eigenvalue weighted by molar-refractivity contribution is -0.129. The fraction of sp³-hybridized carbons (Fsp3) is 0.481. The van der Waals surface area contributed by atoms with E-state index in [0.29, 0.717) is 24.4 Å². The molecule has 0 aromatic heterocycles. The minimum absolute atomic E-state index is 0.0553. The van der Waals surface area contributed by atoms with Crippen molar-refractivity contribution in [1.29, 1.82) is 0 Å². The third-order valence-corrected chi connectivity index (χ3v) is 6.50. The minimum Gasteiger partial charge on any atom is -0.497 e. The van der Waals surface area contributed by atoms with E-state index in [4.69, 9.17) is 4.74 Å². The molecule has 1 fully saturated rings. The lowest BCUT2D eigenvalue weighted by Crippen LogP contribution is -2.49. The maximum atomic E-state index is 13.7. The summed E-state index contributed by atoms with van der Waals surface area (Å²) in [4.78, 5) is 30.5. The van der Waals surface area contributed by atoms with Gasteiger partial charge in [0.25, 0.3) is 0 Å². The van der Waals surface area contributed by atoms with Gasteiger partial charge in [0.1, 0.15) is 11.6 Å². The highest BCUT2D eigenvalue weighted by Crippen LogP contribution is 2.40. The van der Waals surface area contributed by atoms with Crippen molar-refractivity contribution in [1.82, 2.24) is 10.2 Å². The lowest BCUT2D eigenvalue weighted by Gasteiger charge is -2.41. The number of ether oxygens (including phenoxy) is 1. The number of hydrogen-bond donors (Lipinski definition) is 1. The second kappa shape index (κ2) is 12.5. The molecule has 0 unspecified atom stereocenters. The van der Waals surface area contributed by atoms with Crippen LogP contribution in [0.15, 0.2) is 48.5 Å². The van der Waals surface area contributed by atoms with Gasteiger partial charge in [0.2, 0.25) is 11.8 Å². The third kappa shape index (κ3) is 6.35. The van der Waals surface area contributed by atoms with E-state index in [2.05, 4.69) is 24.1 Å². The predicted octanol–water partition coefficient (Wildman–Crippen LogP) is 4.56. The number of carbonyl (C=O) groups excluding carboxylic acids is 2. The summed E-state index contributed by atoms with van der Waals surface area (Å²) < 4.78 is 18.9. The van der Waals surface area contributed by atoms with Crippen molar-refractivity contribution in [2.24, 2.45) is 5.92 Å². The van der Waals surface area contributed by atoms with Crippen molar-refractivity contribution in [3.63, 3.8) is 0 Å². The first kappa shape index (κ1) is 25.7. The van der Waals surface area contributed by atoms with Gasteiger partial charge in [-0.25, -0.2) is 4.39 Å². The van der Waals surface area contributed by atoms with E-state index in [1.54, 1.807) is 36.3 Å². The molecule has 3 rings (SSSR count). The molecule has 1 saturated heterocycles. The number of rotatable bonds is 11. The van der Waals surface area contributed by atoms with E-state index in [1.165, 1.54) is 12.1 Å². The molecule has 1 heterocycles. The number of hydrogen-bond acceptors (Lipinski definition) is 4. The zero-order chi connectivity index (χ0) is 24.5. The standard InChI is InChI=1S/C27H36FN3O3/c1-4-6-18-30(5-2)19-17-29-27(33)24-15-16-25(32)31(22-11-13-23(34-3)14-12-22)26(24)20-7-9-21(28)10-8-20/h7-14,24,26H,4-6,15-19H2,1-3H3,(H,29,33)/t24-,26-/m0/s1. The quantitative estimate of drug-likeness (QED) is 0.524. The first-order valence-electron chi connectivity index (χ1n) is 12.2. The zero-order valence-corrected chi connectivity index (χ0v) is 20.4. The summed E-state index contributed by atoms with van der Waals surface area (Å²) in [5.41, 5.74) is 1.43. The summed E-state index contributed by atoms with van der Waals surface area (Å²) >= 11 is 0. The molecular weight excluding hydrogens is 433 g/mol. The van der Waals surface area contributed by atoms with Crippen LogP contribution >= 0.6 is 0 Å². The number of halogens is 1. The number of amides is 2. The van der Waals surface area contributed by atoms with Crippen molar-refractivity contribution in [2.75, 3.05) is 38.2 Å². The number of nitrogens with one attached hydrogen (secondary N) is 1. The number of nitrogens with zero attached hydrogens (tertiary/aromatic N) is 2. The van der Waals surface area contributed by atoms with E-state index >= 15 is 0 Å². The molecule has 6 nitrogen and oxygen atoms in total. The monoisotopic (exact) mass is 469 g/mol. The largest absolute Gasteiger partial charge is 0.497 e. The first-order valence-corrected chi connectivity index (χ1v) is 12.2. The Labute approximate surface area is 202 Å². The van der Waals surface area contributed by atoms with Crippen LogP contribution in [-0.4, -0.2) is 50.0 Å². The van der Waals surface area contributed by atoms with Crippen LogP contribution in [0.3, 0.4) is 0 Å². The van der Waals surface area contributed by atoms with Crippen LogP contribution in [0.1, 0.15) is 51.1 Å². The van der Waals surface area contributed by atoms with Crippen LogP contribution < -0.4 is 15.0 Å². The predicted molar refractivity (Wildman–Crippen MR) is 132 cm³/mol. The highest BCUT2D eigenvalue weighted by atomic mass is 19.1. The molecule has 1 N–H and O–H groups in total. The molecule has 34 heavy (non-hydrogen) atoms. The van der Waals surface area contributed by atoms with Gasteiger partial charge in [-0.05, 0) is 67.9 Å². The lowest BCUT2D eigenvalue weighted by atomic mass is 9.83. The number of carbonyl (C=O) groups is 2. The number of likely N-dealkylation sites (N-methyl/N-ethyl adjacent to an activating group) is 1. The Hall–Kier alpha value is -2.93. The maximum absolute atomic E-state index is 13.7. The molecule has 0 aliphatic carbocycles. The van der Waals surface area contributed by atoms with Crippen molar-refractivity contribution in [3.8, 4) is 5.75 Å². The summed E-state index contributed by atoms with van der Waals surface area (Å²) in [6.07, 6.45) is 3.00. The molecular formula is C27H36FN3O3. The van der Waals surface area contributed by atoms with E-state index in [0.717, 1.165) is 38.0 Å². The molecule has 0 bridgehead atoms. The summed E-state index contributed by atoms with van der Waals surface area (Å²) in [6, 6.07) is 12.8. The Morgan fingerprint density at radius 2 is 1.82 bits per heavy atom. The molecule has 2 atom stereocenters. The van der Waals surface area contributed by atoms with E-state index in [9.17, 15) is 14.0 Å². The van der Waals surface area contributed by atoms with Crippen LogP contribution in [0.25, 0.3) is 0 Å². The van der Waals surface area contributed by atoms with E-state index < -0.39 is 12.0 Å². The summed E-state index contributed by atoms with van der Waals surface area (Å²) in [5.74, 6) is -0.234. The van der Waals surface area contributed by atoms with E-state index in [1.807, 2.05) is 12.1 Å². The molecule has 1 aliphatic heterocycles. The van der Waals surface area contributed by atoms with Crippen LogP contribution in [0.5, 0.6) is 5.75 Å². The first-order chi connectivity index (χ1) is 16.5. The minimum atomic E-state index is -0.516. The van der Waals surface area contributed by atoms with Gasteiger partial charge in [-0.3, -0.25) is 9.59 Å². The van der Waals surface area contributed by atoms with Gasteiger partial charge in [0.15, 0.2) is 0 Å². The average Bonchev–Trinajstić information content (AvgIpc) is 2.86. The Morgan fingerprint density at radius 1 is 1.12 bits per heavy atom. The fourth-order valence-corrected chi connectivity index (χ4v) is 4.53. The number of piperidine rings is 1. The highest BCUT2D eigenvalue weighted by molar-refractivity contribution is 5.97. The van der Waals surface area contributed by atoms with Gasteiger partial charge in [-0.15, -0.1) is 0 Å². The summed E-state index contributed by atoms with van der Waals surface area (Å²) in [6.45, 7) is 7.60. The van der Waals surface area contributed by atoms with Crippen molar-refractivity contribution in [2.45, 2.75) is 45.6 Å². The number of anilines is 1. The number of unbranched alkanes of at least 4 members (excludes halogenated alkanes) is 1. The molecule has 0 spiro atoms. The molecule has 7 heteroatoms. The Kier molecular flexibility index (Phi) is 9.45. The molecule has 2 aromatic rings. The van der Waals surface area contributed by atoms with Crippen molar-refractivity contribution in [3.05, 3.63) is 59.9 Å². The third-order valence-electron chi connectivity index (χ3n) is 6.50. The Balaban J connectivity index is 1.83. The van der Waals surface area contributed by atoms with Crippen LogP contribution in [0.2, 0.25) is 0 Å². The fourth-order valence-electron chi connectivity index (χ4n) is 4.53. The normalized spacial score (nSPS) is 18.3. The van der Waals surface area contributed by atoms with Crippen molar-refractivity contribution < 1.29 is 18.7 Å². The SMILES string of the molecule is CCCCN(CC)CCNC(=O)[C@H]1CCC(=O)N(c2ccc(OC)cc2)[C@H]1c1ccc(F)cc1.